The molecule has 0 amide bonds. The summed E-state index contributed by atoms with van der Waals surface area (Å²) in [5, 5.41) is 0. The van der Waals surface area contributed by atoms with Crippen LogP contribution in [0.5, 0.6) is 5.75 Å². The third-order valence-corrected chi connectivity index (χ3v) is 3.31. The molecule has 0 atom stereocenters. The summed E-state index contributed by atoms with van der Waals surface area (Å²) in [5.74, 6) is 0.325. The number of carbonyl (C=O) groups excluding carboxylic acids is 1. The van der Waals surface area contributed by atoms with Gasteiger partial charge in [0.15, 0.2) is 9.84 Å². The van der Waals surface area contributed by atoms with Crippen molar-refractivity contribution < 1.29 is 17.9 Å². The molecule has 5 heteroatoms. The predicted octanol–water partition coefficient (Wildman–Crippen LogP) is 1.23. The number of rotatable bonds is 5. The molecule has 88 valence electrons. The minimum Gasteiger partial charge on any atom is -0.495 e. The van der Waals surface area contributed by atoms with Crippen molar-refractivity contribution in [3.63, 3.8) is 0 Å². The van der Waals surface area contributed by atoms with Crippen LogP contribution >= 0.6 is 0 Å². The Labute approximate surface area is 95.2 Å². The monoisotopic (exact) mass is 242 g/mol. The number of methoxy groups -OCH3 is 1. The Morgan fingerprint density at radius 1 is 1.38 bits per heavy atom. The molecule has 0 aliphatic carbocycles. The van der Waals surface area contributed by atoms with Gasteiger partial charge in [-0.05, 0) is 24.1 Å². The summed E-state index contributed by atoms with van der Waals surface area (Å²) in [6.07, 6.45) is 2.97. The van der Waals surface area contributed by atoms with Crippen molar-refractivity contribution in [3.8, 4) is 5.75 Å². The van der Waals surface area contributed by atoms with E-state index in [-0.39, 0.29) is 4.90 Å². The quantitative estimate of drug-likeness (QED) is 0.729. The van der Waals surface area contributed by atoms with Gasteiger partial charge in [0.1, 0.15) is 16.9 Å². The molecule has 0 N–H and O–H groups in total. The van der Waals surface area contributed by atoms with Gasteiger partial charge in [0, 0.05) is 12.7 Å². The van der Waals surface area contributed by atoms with Crippen LogP contribution in [0.4, 0.5) is 0 Å². The highest BCUT2D eigenvalue weighted by Gasteiger charge is 2.14. The maximum absolute atomic E-state index is 11.4. The first kappa shape index (κ1) is 12.7. The fourth-order valence-corrected chi connectivity index (χ4v) is 2.22. The zero-order valence-electron chi connectivity index (χ0n) is 9.26. The molecule has 1 aromatic rings. The van der Waals surface area contributed by atoms with Gasteiger partial charge in [0.2, 0.25) is 0 Å². The fourth-order valence-electron chi connectivity index (χ4n) is 1.40. The van der Waals surface area contributed by atoms with Crippen LogP contribution in [0.2, 0.25) is 0 Å². The van der Waals surface area contributed by atoms with Gasteiger partial charge in [-0.25, -0.2) is 8.42 Å². The van der Waals surface area contributed by atoms with Gasteiger partial charge in [0.05, 0.1) is 7.11 Å². The predicted molar refractivity (Wildman–Crippen MR) is 60.5 cm³/mol. The van der Waals surface area contributed by atoms with E-state index in [0.29, 0.717) is 18.6 Å². The van der Waals surface area contributed by atoms with Crippen molar-refractivity contribution in [2.24, 2.45) is 0 Å². The average molecular weight is 242 g/mol. The number of aryl methyl sites for hydroxylation is 1. The highest BCUT2D eigenvalue weighted by Crippen LogP contribution is 2.25. The lowest BCUT2D eigenvalue weighted by Crippen LogP contribution is -2.01. The Balaban J connectivity index is 3.12. The molecule has 16 heavy (non-hydrogen) atoms. The second-order valence-electron chi connectivity index (χ2n) is 3.46. The minimum absolute atomic E-state index is 0.171. The van der Waals surface area contributed by atoms with E-state index in [1.165, 1.54) is 13.2 Å². The third-order valence-electron chi connectivity index (χ3n) is 2.18. The highest BCUT2D eigenvalue weighted by atomic mass is 32.2. The molecule has 0 aliphatic rings. The molecule has 0 heterocycles. The lowest BCUT2D eigenvalue weighted by Gasteiger charge is -2.08. The summed E-state index contributed by atoms with van der Waals surface area (Å²) < 4.78 is 27.8. The van der Waals surface area contributed by atoms with Crippen LogP contribution in [0.1, 0.15) is 12.0 Å². The first-order chi connectivity index (χ1) is 7.49. The Morgan fingerprint density at radius 2 is 2.06 bits per heavy atom. The van der Waals surface area contributed by atoms with Gasteiger partial charge in [-0.1, -0.05) is 6.07 Å². The van der Waals surface area contributed by atoms with E-state index in [9.17, 15) is 13.2 Å². The molecule has 0 saturated heterocycles. The summed E-state index contributed by atoms with van der Waals surface area (Å²) in [5.41, 5.74) is 0.886. The second-order valence-corrected chi connectivity index (χ2v) is 5.45. The number of sulfone groups is 1. The Hall–Kier alpha value is -1.36. The first-order valence-corrected chi connectivity index (χ1v) is 6.69. The van der Waals surface area contributed by atoms with Crippen molar-refractivity contribution >= 4 is 16.1 Å². The second kappa shape index (κ2) is 5.12. The van der Waals surface area contributed by atoms with E-state index in [1.54, 1.807) is 12.1 Å². The Bertz CT molecular complexity index is 477. The molecular weight excluding hydrogens is 228 g/mol. The lowest BCUT2D eigenvalue weighted by atomic mass is 10.1. The fraction of sp³-hybridized carbons (Fsp3) is 0.364. The van der Waals surface area contributed by atoms with Crippen LogP contribution in [0.3, 0.4) is 0 Å². The summed E-state index contributed by atoms with van der Waals surface area (Å²) in [4.78, 5) is 10.4. The van der Waals surface area contributed by atoms with E-state index in [1.807, 2.05) is 0 Å². The zero-order chi connectivity index (χ0) is 12.2. The van der Waals surface area contributed by atoms with E-state index >= 15 is 0 Å². The average Bonchev–Trinajstić information content (AvgIpc) is 2.24. The smallest absolute Gasteiger partial charge is 0.179 e. The summed E-state index contributed by atoms with van der Waals surface area (Å²) in [7, 11) is -1.85. The minimum atomic E-state index is -3.28. The maximum atomic E-state index is 11.4. The van der Waals surface area contributed by atoms with Crippen LogP contribution in [0, 0.1) is 0 Å². The number of ether oxygens (including phenoxy) is 1. The molecule has 4 nitrogen and oxygen atoms in total. The van der Waals surface area contributed by atoms with Crippen LogP contribution in [-0.4, -0.2) is 28.1 Å². The van der Waals surface area contributed by atoms with E-state index in [4.69, 9.17) is 4.74 Å². The number of hydrogen-bond donors (Lipinski definition) is 0. The summed E-state index contributed by atoms with van der Waals surface area (Å²) in [6.45, 7) is 0. The largest absolute Gasteiger partial charge is 0.495 e. The standard InChI is InChI=1S/C11H14O4S/c1-15-10-8-9(4-3-7-12)5-6-11(10)16(2,13)14/h5-8H,3-4H2,1-2H3. The molecule has 0 unspecified atom stereocenters. The van der Waals surface area contributed by atoms with Crippen LogP contribution in [0.25, 0.3) is 0 Å². The van der Waals surface area contributed by atoms with E-state index in [2.05, 4.69) is 0 Å². The van der Waals surface area contributed by atoms with Gasteiger partial charge in [-0.3, -0.25) is 0 Å². The van der Waals surface area contributed by atoms with Crippen molar-refractivity contribution in [2.75, 3.05) is 13.4 Å². The van der Waals surface area contributed by atoms with Gasteiger partial charge in [0.25, 0.3) is 0 Å². The van der Waals surface area contributed by atoms with Crippen molar-refractivity contribution in [1.29, 1.82) is 0 Å². The van der Waals surface area contributed by atoms with Gasteiger partial charge < -0.3 is 9.53 Å². The van der Waals surface area contributed by atoms with Crippen LogP contribution < -0.4 is 4.74 Å². The highest BCUT2D eigenvalue weighted by molar-refractivity contribution is 7.90. The van der Waals surface area contributed by atoms with Gasteiger partial charge in [-0.15, -0.1) is 0 Å². The first-order valence-electron chi connectivity index (χ1n) is 4.79. The number of carbonyl (C=O) groups is 1. The molecule has 0 aromatic heterocycles. The third kappa shape index (κ3) is 3.06. The Morgan fingerprint density at radius 3 is 2.56 bits per heavy atom. The SMILES string of the molecule is COc1cc(CCC=O)ccc1S(C)(=O)=O. The molecule has 0 bridgehead atoms. The maximum Gasteiger partial charge on any atom is 0.179 e. The van der Waals surface area contributed by atoms with E-state index in [0.717, 1.165) is 18.1 Å². The van der Waals surface area contributed by atoms with Crippen LogP contribution in [-0.2, 0) is 21.1 Å². The number of hydrogen-bond acceptors (Lipinski definition) is 4. The zero-order valence-corrected chi connectivity index (χ0v) is 10.1. The molecule has 1 aromatic carbocycles. The van der Waals surface area contributed by atoms with Gasteiger partial charge in [-0.2, -0.15) is 0 Å². The summed E-state index contributed by atoms with van der Waals surface area (Å²) in [6, 6.07) is 4.86. The molecule has 0 fully saturated rings. The Kier molecular flexibility index (Phi) is 4.06. The van der Waals surface area contributed by atoms with Gasteiger partial charge >= 0.3 is 0 Å². The molecule has 0 saturated carbocycles. The van der Waals surface area contributed by atoms with Crippen molar-refractivity contribution in [3.05, 3.63) is 23.8 Å². The molecule has 1 rings (SSSR count). The molecule has 0 aliphatic heterocycles. The topological polar surface area (TPSA) is 60.4 Å². The summed E-state index contributed by atoms with van der Waals surface area (Å²) >= 11 is 0. The van der Waals surface area contributed by atoms with Crippen molar-refractivity contribution in [1.82, 2.24) is 0 Å². The normalized spacial score (nSPS) is 11.1. The number of benzene rings is 1. The molecule has 0 radical (unpaired) electrons. The van der Waals surface area contributed by atoms with E-state index < -0.39 is 9.84 Å². The van der Waals surface area contributed by atoms with Crippen LogP contribution in [0.15, 0.2) is 23.1 Å². The van der Waals surface area contributed by atoms with Crippen molar-refractivity contribution in [2.45, 2.75) is 17.7 Å². The number of aldehydes is 1. The molecular formula is C11H14O4S. The lowest BCUT2D eigenvalue weighted by molar-refractivity contribution is -0.107. The molecule has 0 spiro atoms.